The molecule has 1 aromatic rings. The summed E-state index contributed by atoms with van der Waals surface area (Å²) in [5.41, 5.74) is 1.26. The van der Waals surface area contributed by atoms with Crippen molar-refractivity contribution in [3.05, 3.63) is 29.8 Å². The molecule has 0 amide bonds. The molecule has 2 heterocycles. The summed E-state index contributed by atoms with van der Waals surface area (Å²) in [5.74, 6) is 1.77. The molecule has 1 aromatic carbocycles. The number of aliphatic imine (C=N–C) groups is 1. The van der Waals surface area contributed by atoms with Gasteiger partial charge in [0, 0.05) is 13.6 Å². The van der Waals surface area contributed by atoms with Gasteiger partial charge in [0.25, 0.3) is 0 Å². The van der Waals surface area contributed by atoms with Gasteiger partial charge >= 0.3 is 0 Å². The van der Waals surface area contributed by atoms with E-state index in [0.29, 0.717) is 18.2 Å². The second-order valence-electron chi connectivity index (χ2n) is 5.96. The molecular formula is C17H25N3O2. The van der Waals surface area contributed by atoms with Crippen LogP contribution in [0.3, 0.4) is 0 Å². The van der Waals surface area contributed by atoms with Crippen LogP contribution in [0, 0.1) is 0 Å². The molecule has 3 unspecified atom stereocenters. The Kier molecular flexibility index (Phi) is 4.83. The highest BCUT2D eigenvalue weighted by Gasteiger charge is 2.41. The van der Waals surface area contributed by atoms with Crippen LogP contribution in [-0.2, 0) is 11.2 Å². The molecule has 2 bridgehead atoms. The molecule has 2 saturated heterocycles. The molecule has 0 radical (unpaired) electrons. The second kappa shape index (κ2) is 7.01. The van der Waals surface area contributed by atoms with Crippen molar-refractivity contribution >= 4 is 5.96 Å². The first-order chi connectivity index (χ1) is 10.8. The van der Waals surface area contributed by atoms with Crippen molar-refractivity contribution in [2.24, 2.45) is 4.99 Å². The summed E-state index contributed by atoms with van der Waals surface area (Å²) in [7, 11) is 3.51. The first-order valence-corrected chi connectivity index (χ1v) is 8.04. The molecule has 0 spiro atoms. The number of guanidine groups is 1. The standard InChI is InChI=1S/C17H25N3O2/c1-18-17(20-15-11-14-6-7-16(15)22-14)19-9-8-12-4-3-5-13(10-12)21-2/h3-5,10,14-16H,6-9,11H2,1-2H3,(H2,18,19,20). The Labute approximate surface area is 132 Å². The van der Waals surface area contributed by atoms with E-state index in [1.165, 1.54) is 18.4 Å². The van der Waals surface area contributed by atoms with Crippen molar-refractivity contribution in [3.8, 4) is 5.75 Å². The zero-order valence-electron chi connectivity index (χ0n) is 13.3. The monoisotopic (exact) mass is 303 g/mol. The first-order valence-electron chi connectivity index (χ1n) is 8.04. The van der Waals surface area contributed by atoms with E-state index in [0.717, 1.165) is 31.1 Å². The zero-order chi connectivity index (χ0) is 15.4. The van der Waals surface area contributed by atoms with Gasteiger partial charge in [0.05, 0.1) is 25.4 Å². The fourth-order valence-corrected chi connectivity index (χ4v) is 3.31. The molecule has 2 aliphatic heterocycles. The molecular weight excluding hydrogens is 278 g/mol. The molecule has 2 fully saturated rings. The van der Waals surface area contributed by atoms with E-state index in [-0.39, 0.29) is 0 Å². The summed E-state index contributed by atoms with van der Waals surface area (Å²) in [4.78, 5) is 4.31. The van der Waals surface area contributed by atoms with Gasteiger partial charge in [0.15, 0.2) is 5.96 Å². The van der Waals surface area contributed by atoms with E-state index < -0.39 is 0 Å². The highest BCUT2D eigenvalue weighted by atomic mass is 16.5. The van der Waals surface area contributed by atoms with Crippen LogP contribution >= 0.6 is 0 Å². The van der Waals surface area contributed by atoms with Gasteiger partial charge in [-0.1, -0.05) is 12.1 Å². The Bertz CT molecular complexity index is 532. The Morgan fingerprint density at radius 2 is 2.32 bits per heavy atom. The number of hydrogen-bond donors (Lipinski definition) is 2. The Morgan fingerprint density at radius 1 is 1.41 bits per heavy atom. The normalized spacial score (nSPS) is 27.0. The number of fused-ring (bicyclic) bond motifs is 2. The van der Waals surface area contributed by atoms with Gasteiger partial charge in [-0.25, -0.2) is 0 Å². The maximum absolute atomic E-state index is 5.87. The Morgan fingerprint density at radius 3 is 3.00 bits per heavy atom. The number of hydrogen-bond acceptors (Lipinski definition) is 3. The number of benzene rings is 1. The third-order valence-corrected chi connectivity index (χ3v) is 4.49. The summed E-state index contributed by atoms with van der Waals surface area (Å²) in [6, 6.07) is 8.58. The van der Waals surface area contributed by atoms with Crippen LogP contribution in [0.25, 0.3) is 0 Å². The minimum atomic E-state index is 0.363. The smallest absolute Gasteiger partial charge is 0.191 e. The molecule has 0 aliphatic carbocycles. The van der Waals surface area contributed by atoms with Gasteiger partial charge < -0.3 is 20.1 Å². The summed E-state index contributed by atoms with van der Waals surface area (Å²) in [6.45, 7) is 0.842. The zero-order valence-corrected chi connectivity index (χ0v) is 13.3. The molecule has 22 heavy (non-hydrogen) atoms. The minimum absolute atomic E-state index is 0.363. The van der Waals surface area contributed by atoms with Crippen LogP contribution in [0.2, 0.25) is 0 Å². The predicted molar refractivity (Wildman–Crippen MR) is 87.5 cm³/mol. The van der Waals surface area contributed by atoms with Gasteiger partial charge in [-0.15, -0.1) is 0 Å². The Balaban J connectivity index is 1.45. The van der Waals surface area contributed by atoms with Crippen molar-refractivity contribution in [2.45, 2.75) is 43.9 Å². The molecule has 2 N–H and O–H groups in total. The molecule has 0 aromatic heterocycles. The van der Waals surface area contributed by atoms with Crippen molar-refractivity contribution in [1.29, 1.82) is 0 Å². The molecule has 2 aliphatic rings. The van der Waals surface area contributed by atoms with Crippen LogP contribution < -0.4 is 15.4 Å². The SMILES string of the molecule is CN=C(NCCc1cccc(OC)c1)NC1CC2CCC1O2. The minimum Gasteiger partial charge on any atom is -0.497 e. The van der Waals surface area contributed by atoms with Crippen molar-refractivity contribution in [2.75, 3.05) is 20.7 Å². The fourth-order valence-electron chi connectivity index (χ4n) is 3.31. The highest BCUT2D eigenvalue weighted by molar-refractivity contribution is 5.80. The molecule has 3 rings (SSSR count). The predicted octanol–water partition coefficient (Wildman–Crippen LogP) is 1.72. The van der Waals surface area contributed by atoms with E-state index in [4.69, 9.17) is 9.47 Å². The van der Waals surface area contributed by atoms with Crippen LogP contribution in [0.4, 0.5) is 0 Å². The van der Waals surface area contributed by atoms with Crippen molar-refractivity contribution in [3.63, 3.8) is 0 Å². The summed E-state index contributed by atoms with van der Waals surface area (Å²) in [6.07, 6.45) is 5.24. The lowest BCUT2D eigenvalue weighted by Gasteiger charge is -2.22. The molecule has 5 nitrogen and oxygen atoms in total. The maximum atomic E-state index is 5.87. The molecule has 120 valence electrons. The number of nitrogens with zero attached hydrogens (tertiary/aromatic N) is 1. The average molecular weight is 303 g/mol. The summed E-state index contributed by atoms with van der Waals surface area (Å²) < 4.78 is 11.1. The van der Waals surface area contributed by atoms with Gasteiger partial charge in [0.1, 0.15) is 5.75 Å². The maximum Gasteiger partial charge on any atom is 0.191 e. The lowest BCUT2D eigenvalue weighted by Crippen LogP contribution is -2.47. The topological polar surface area (TPSA) is 54.9 Å². The number of rotatable bonds is 5. The van der Waals surface area contributed by atoms with Crippen LogP contribution in [0.15, 0.2) is 29.3 Å². The number of nitrogens with one attached hydrogen (secondary N) is 2. The van der Waals surface area contributed by atoms with Crippen LogP contribution in [0.1, 0.15) is 24.8 Å². The Hall–Kier alpha value is -1.75. The van der Waals surface area contributed by atoms with E-state index in [2.05, 4.69) is 27.8 Å². The quantitative estimate of drug-likeness (QED) is 0.642. The first kappa shape index (κ1) is 15.2. The fraction of sp³-hybridized carbons (Fsp3) is 0.588. The van der Waals surface area contributed by atoms with E-state index >= 15 is 0 Å². The third-order valence-electron chi connectivity index (χ3n) is 4.49. The van der Waals surface area contributed by atoms with Gasteiger partial charge in [-0.05, 0) is 43.4 Å². The molecule has 5 heteroatoms. The summed E-state index contributed by atoms with van der Waals surface area (Å²) in [5, 5.41) is 6.88. The molecule has 3 atom stereocenters. The second-order valence-corrected chi connectivity index (χ2v) is 5.96. The van der Waals surface area contributed by atoms with E-state index in [9.17, 15) is 0 Å². The van der Waals surface area contributed by atoms with E-state index in [1.807, 2.05) is 19.2 Å². The van der Waals surface area contributed by atoms with E-state index in [1.54, 1.807) is 7.11 Å². The van der Waals surface area contributed by atoms with Crippen molar-refractivity contribution in [1.82, 2.24) is 10.6 Å². The average Bonchev–Trinajstić information content (AvgIpc) is 3.17. The van der Waals surface area contributed by atoms with Crippen LogP contribution in [-0.4, -0.2) is 44.9 Å². The summed E-state index contributed by atoms with van der Waals surface area (Å²) >= 11 is 0. The van der Waals surface area contributed by atoms with Gasteiger partial charge in [0.2, 0.25) is 0 Å². The van der Waals surface area contributed by atoms with Gasteiger partial charge in [-0.3, -0.25) is 4.99 Å². The lowest BCUT2D eigenvalue weighted by molar-refractivity contribution is 0.0992. The molecule has 0 saturated carbocycles. The number of ether oxygens (including phenoxy) is 2. The van der Waals surface area contributed by atoms with Crippen LogP contribution in [0.5, 0.6) is 5.75 Å². The van der Waals surface area contributed by atoms with Crippen molar-refractivity contribution < 1.29 is 9.47 Å². The number of methoxy groups -OCH3 is 1. The highest BCUT2D eigenvalue weighted by Crippen LogP contribution is 2.34. The third kappa shape index (κ3) is 3.53. The van der Waals surface area contributed by atoms with Gasteiger partial charge in [-0.2, -0.15) is 0 Å². The lowest BCUT2D eigenvalue weighted by atomic mass is 9.96. The largest absolute Gasteiger partial charge is 0.497 e.